The minimum atomic E-state index is -1.07. The largest absolute Gasteiger partial charge is 0.480 e. The van der Waals surface area contributed by atoms with Gasteiger partial charge < -0.3 is 15.7 Å². The van der Waals surface area contributed by atoms with Crippen LogP contribution < -0.4 is 10.6 Å². The van der Waals surface area contributed by atoms with Gasteiger partial charge in [-0.3, -0.25) is 9.59 Å². The van der Waals surface area contributed by atoms with Crippen molar-refractivity contribution in [3.8, 4) is 0 Å². The van der Waals surface area contributed by atoms with E-state index in [-0.39, 0.29) is 30.2 Å². The summed E-state index contributed by atoms with van der Waals surface area (Å²) in [6.45, 7) is 7.49. The predicted molar refractivity (Wildman–Crippen MR) is 101 cm³/mol. The summed E-state index contributed by atoms with van der Waals surface area (Å²) in [5, 5.41) is 14.3. The highest BCUT2D eigenvalue weighted by Gasteiger charge is 2.24. The fourth-order valence-corrected chi connectivity index (χ4v) is 2.74. The molecule has 1 unspecified atom stereocenters. The van der Waals surface area contributed by atoms with Crippen LogP contribution in [0.15, 0.2) is 30.3 Å². The fourth-order valence-electron chi connectivity index (χ4n) is 2.74. The number of nitrogens with one attached hydrogen (secondary N) is 2. The van der Waals surface area contributed by atoms with Gasteiger partial charge in [0.2, 0.25) is 11.8 Å². The van der Waals surface area contributed by atoms with Gasteiger partial charge in [-0.1, -0.05) is 58.0 Å². The van der Waals surface area contributed by atoms with E-state index in [1.54, 1.807) is 0 Å². The van der Waals surface area contributed by atoms with Crippen LogP contribution in [0, 0.1) is 17.8 Å². The van der Waals surface area contributed by atoms with Crippen molar-refractivity contribution < 1.29 is 19.5 Å². The third kappa shape index (κ3) is 7.68. The van der Waals surface area contributed by atoms with Crippen LogP contribution in [-0.2, 0) is 20.8 Å². The average molecular weight is 362 g/mol. The number of hydrogen-bond acceptors (Lipinski definition) is 3. The van der Waals surface area contributed by atoms with Gasteiger partial charge in [-0.05, 0) is 30.2 Å². The van der Waals surface area contributed by atoms with E-state index in [0.29, 0.717) is 12.8 Å². The van der Waals surface area contributed by atoms with Crippen LogP contribution in [0.3, 0.4) is 0 Å². The van der Waals surface area contributed by atoms with Crippen molar-refractivity contribution in [3.63, 3.8) is 0 Å². The van der Waals surface area contributed by atoms with E-state index in [1.807, 2.05) is 58.0 Å². The summed E-state index contributed by atoms with van der Waals surface area (Å²) in [5.74, 6) is -1.75. The van der Waals surface area contributed by atoms with Gasteiger partial charge in [-0.15, -0.1) is 0 Å². The first kappa shape index (κ1) is 21.7. The molecule has 0 aliphatic heterocycles. The zero-order valence-electron chi connectivity index (χ0n) is 16.0. The van der Waals surface area contributed by atoms with Gasteiger partial charge >= 0.3 is 5.97 Å². The number of rotatable bonds is 10. The minimum absolute atomic E-state index is 0.117. The molecule has 6 nitrogen and oxygen atoms in total. The molecule has 0 fully saturated rings. The van der Waals surface area contributed by atoms with E-state index in [1.165, 1.54) is 0 Å². The van der Waals surface area contributed by atoms with Crippen molar-refractivity contribution >= 4 is 17.8 Å². The van der Waals surface area contributed by atoms with Gasteiger partial charge in [0.25, 0.3) is 0 Å². The number of carbonyl (C=O) groups is 3. The highest BCUT2D eigenvalue weighted by atomic mass is 16.4. The Balaban J connectivity index is 2.58. The Kier molecular flexibility index (Phi) is 8.82. The summed E-state index contributed by atoms with van der Waals surface area (Å²) in [7, 11) is 0. The van der Waals surface area contributed by atoms with Crippen LogP contribution in [0.25, 0.3) is 0 Å². The maximum Gasteiger partial charge on any atom is 0.326 e. The molecule has 26 heavy (non-hydrogen) atoms. The number of carboxylic acid groups (broad SMARTS) is 1. The molecular weight excluding hydrogens is 332 g/mol. The lowest BCUT2D eigenvalue weighted by atomic mass is 9.88. The van der Waals surface area contributed by atoms with Crippen molar-refractivity contribution in [1.29, 1.82) is 0 Å². The summed E-state index contributed by atoms with van der Waals surface area (Å²) >= 11 is 0. The molecule has 6 heteroatoms. The monoisotopic (exact) mass is 362 g/mol. The molecule has 0 saturated heterocycles. The van der Waals surface area contributed by atoms with E-state index >= 15 is 0 Å². The Morgan fingerprint density at radius 2 is 1.65 bits per heavy atom. The Morgan fingerprint density at radius 1 is 1.04 bits per heavy atom. The van der Waals surface area contributed by atoms with Gasteiger partial charge in [0.1, 0.15) is 6.04 Å². The molecule has 0 aromatic heterocycles. The van der Waals surface area contributed by atoms with Crippen LogP contribution in [0.4, 0.5) is 0 Å². The van der Waals surface area contributed by atoms with E-state index in [2.05, 4.69) is 10.6 Å². The van der Waals surface area contributed by atoms with Gasteiger partial charge in [-0.25, -0.2) is 4.79 Å². The van der Waals surface area contributed by atoms with Crippen molar-refractivity contribution in [1.82, 2.24) is 10.6 Å². The van der Waals surface area contributed by atoms with Crippen molar-refractivity contribution in [2.24, 2.45) is 17.8 Å². The maximum absolute atomic E-state index is 12.5. The first-order chi connectivity index (χ1) is 12.2. The van der Waals surface area contributed by atoms with Gasteiger partial charge in [-0.2, -0.15) is 0 Å². The highest BCUT2D eigenvalue weighted by molar-refractivity contribution is 5.88. The average Bonchev–Trinajstić information content (AvgIpc) is 2.57. The molecule has 0 spiro atoms. The normalized spacial score (nSPS) is 13.3. The second-order valence-corrected chi connectivity index (χ2v) is 7.35. The molecule has 144 valence electrons. The Labute approximate surface area is 155 Å². The van der Waals surface area contributed by atoms with E-state index < -0.39 is 17.9 Å². The molecule has 1 rings (SSSR count). The quantitative estimate of drug-likeness (QED) is 0.595. The summed E-state index contributed by atoms with van der Waals surface area (Å²) < 4.78 is 0. The zero-order valence-corrected chi connectivity index (χ0v) is 16.0. The number of benzene rings is 1. The molecule has 0 heterocycles. The summed E-state index contributed by atoms with van der Waals surface area (Å²) in [6, 6.07) is 8.79. The second-order valence-electron chi connectivity index (χ2n) is 7.35. The van der Waals surface area contributed by atoms with E-state index in [0.717, 1.165) is 5.56 Å². The van der Waals surface area contributed by atoms with Crippen LogP contribution in [0.5, 0.6) is 0 Å². The molecule has 2 atom stereocenters. The lowest BCUT2D eigenvalue weighted by molar-refractivity contribution is -0.142. The number of hydrogen-bond donors (Lipinski definition) is 3. The molecule has 1 aromatic carbocycles. The number of amides is 2. The van der Waals surface area contributed by atoms with Crippen LogP contribution >= 0.6 is 0 Å². The van der Waals surface area contributed by atoms with E-state index in [9.17, 15) is 19.5 Å². The molecule has 1 aromatic rings. The summed E-state index contributed by atoms with van der Waals surface area (Å²) in [5.41, 5.74) is 1.06. The molecule has 0 radical (unpaired) electrons. The molecule has 0 aliphatic rings. The fraction of sp³-hybridized carbons (Fsp3) is 0.550. The smallest absolute Gasteiger partial charge is 0.326 e. The first-order valence-electron chi connectivity index (χ1n) is 9.04. The molecule has 2 amide bonds. The standard InChI is InChI=1S/C20H30N2O4/c1-13(2)10-17(20(25)26)22-18(23)12-21-19(24)16(14(3)4)11-15-8-6-5-7-9-15/h5-9,13-14,16-17H,10-12H2,1-4H3,(H,21,24)(H,22,23)(H,25,26)/t16?,17-/m0/s1. The molecule has 0 bridgehead atoms. The highest BCUT2D eigenvalue weighted by Crippen LogP contribution is 2.17. The lowest BCUT2D eigenvalue weighted by Crippen LogP contribution is -2.47. The van der Waals surface area contributed by atoms with Gasteiger partial charge in [0, 0.05) is 5.92 Å². The second kappa shape index (κ2) is 10.6. The molecule has 0 aliphatic carbocycles. The zero-order chi connectivity index (χ0) is 19.7. The lowest BCUT2D eigenvalue weighted by Gasteiger charge is -2.21. The Hall–Kier alpha value is -2.37. The SMILES string of the molecule is CC(C)C[C@H](NC(=O)CNC(=O)C(Cc1ccccc1)C(C)C)C(=O)O. The molecule has 3 N–H and O–H groups in total. The number of aliphatic carboxylic acids is 1. The van der Waals surface area contributed by atoms with Crippen LogP contribution in [0.1, 0.15) is 39.7 Å². The first-order valence-corrected chi connectivity index (χ1v) is 9.04. The van der Waals surface area contributed by atoms with Crippen molar-refractivity contribution in [2.75, 3.05) is 6.54 Å². The number of carbonyl (C=O) groups excluding carboxylic acids is 2. The third-order valence-corrected chi connectivity index (χ3v) is 4.20. The summed E-state index contributed by atoms with van der Waals surface area (Å²) in [6.07, 6.45) is 0.939. The topological polar surface area (TPSA) is 95.5 Å². The van der Waals surface area contributed by atoms with Gasteiger partial charge in [0.05, 0.1) is 6.54 Å². The Morgan fingerprint density at radius 3 is 2.15 bits per heavy atom. The van der Waals surface area contributed by atoms with Crippen LogP contribution in [-0.4, -0.2) is 35.5 Å². The molecular formula is C20H30N2O4. The van der Waals surface area contributed by atoms with Gasteiger partial charge in [0.15, 0.2) is 0 Å². The third-order valence-electron chi connectivity index (χ3n) is 4.20. The van der Waals surface area contributed by atoms with E-state index in [4.69, 9.17) is 0 Å². The molecule has 0 saturated carbocycles. The van der Waals surface area contributed by atoms with Crippen molar-refractivity contribution in [3.05, 3.63) is 35.9 Å². The summed E-state index contributed by atoms with van der Waals surface area (Å²) in [4.78, 5) is 35.7. The number of carboxylic acids is 1. The minimum Gasteiger partial charge on any atom is -0.480 e. The Bertz CT molecular complexity index is 599. The van der Waals surface area contributed by atoms with Crippen molar-refractivity contribution in [2.45, 2.75) is 46.6 Å². The van der Waals surface area contributed by atoms with Crippen LogP contribution in [0.2, 0.25) is 0 Å². The predicted octanol–water partition coefficient (Wildman–Crippen LogP) is 2.23. The maximum atomic E-state index is 12.5.